The van der Waals surface area contributed by atoms with E-state index in [2.05, 4.69) is 17.0 Å². The second-order valence-corrected chi connectivity index (χ2v) is 7.31. The molecule has 142 valence electrons. The first-order valence-electron chi connectivity index (χ1n) is 9.83. The van der Waals surface area contributed by atoms with Gasteiger partial charge >= 0.3 is 0 Å². The Kier molecular flexibility index (Phi) is 5.54. The molecule has 1 fully saturated rings. The highest BCUT2D eigenvalue weighted by atomic mass is 16.5. The SMILES string of the molecule is COc1ccc(/C=C/C(=O)c2ccc3ccccc3c2)cc1CN1CCCC1. The maximum atomic E-state index is 12.6. The van der Waals surface area contributed by atoms with Gasteiger partial charge in [-0.15, -0.1) is 0 Å². The van der Waals surface area contributed by atoms with Crippen LogP contribution < -0.4 is 4.74 Å². The lowest BCUT2D eigenvalue weighted by atomic mass is 10.0. The van der Waals surface area contributed by atoms with E-state index in [-0.39, 0.29) is 5.78 Å². The van der Waals surface area contributed by atoms with Crippen molar-refractivity contribution in [3.63, 3.8) is 0 Å². The van der Waals surface area contributed by atoms with Gasteiger partial charge in [-0.25, -0.2) is 0 Å². The van der Waals surface area contributed by atoms with Crippen LogP contribution in [-0.4, -0.2) is 30.9 Å². The highest BCUT2D eigenvalue weighted by Crippen LogP contribution is 2.24. The topological polar surface area (TPSA) is 29.5 Å². The Morgan fingerprint density at radius 3 is 2.57 bits per heavy atom. The Hall–Kier alpha value is -2.91. The smallest absolute Gasteiger partial charge is 0.185 e. The molecule has 3 aromatic carbocycles. The molecule has 0 atom stereocenters. The van der Waals surface area contributed by atoms with Crippen molar-refractivity contribution in [2.75, 3.05) is 20.2 Å². The standard InChI is InChI=1S/C25H25NO2/c1-28-25-13-9-19(16-23(25)18-26-14-4-5-15-26)8-12-24(27)22-11-10-20-6-2-3-7-21(20)17-22/h2-3,6-13,16-17H,4-5,14-15,18H2,1H3/b12-8+. The summed E-state index contributed by atoms with van der Waals surface area (Å²) in [6, 6.07) is 20.0. The first-order valence-corrected chi connectivity index (χ1v) is 9.83. The van der Waals surface area contributed by atoms with Crippen LogP contribution in [0.2, 0.25) is 0 Å². The number of carbonyl (C=O) groups excluding carboxylic acids is 1. The minimum atomic E-state index is 0.0164. The molecule has 0 N–H and O–H groups in total. The summed E-state index contributed by atoms with van der Waals surface area (Å²) >= 11 is 0. The van der Waals surface area contributed by atoms with Gasteiger partial charge in [-0.2, -0.15) is 0 Å². The maximum Gasteiger partial charge on any atom is 0.185 e. The zero-order valence-electron chi connectivity index (χ0n) is 16.2. The summed E-state index contributed by atoms with van der Waals surface area (Å²) in [6.07, 6.45) is 6.08. The van der Waals surface area contributed by atoms with Gasteiger partial charge in [-0.1, -0.05) is 48.5 Å². The summed E-state index contributed by atoms with van der Waals surface area (Å²) in [5.41, 5.74) is 2.90. The number of hydrogen-bond donors (Lipinski definition) is 0. The highest BCUT2D eigenvalue weighted by molar-refractivity contribution is 6.08. The molecule has 1 heterocycles. The average Bonchev–Trinajstić information content (AvgIpc) is 3.25. The number of rotatable bonds is 6. The first-order chi connectivity index (χ1) is 13.7. The second kappa shape index (κ2) is 8.41. The van der Waals surface area contributed by atoms with Gasteiger partial charge in [0, 0.05) is 17.7 Å². The van der Waals surface area contributed by atoms with Crippen molar-refractivity contribution in [2.24, 2.45) is 0 Å². The third-order valence-electron chi connectivity index (χ3n) is 5.36. The van der Waals surface area contributed by atoms with Gasteiger partial charge in [-0.05, 0) is 66.5 Å². The molecule has 0 radical (unpaired) electrons. The highest BCUT2D eigenvalue weighted by Gasteiger charge is 2.14. The molecule has 1 aliphatic heterocycles. The van der Waals surface area contributed by atoms with Crippen LogP contribution in [0.4, 0.5) is 0 Å². The minimum absolute atomic E-state index is 0.0164. The molecular weight excluding hydrogens is 346 g/mol. The molecule has 4 rings (SSSR count). The van der Waals surface area contributed by atoms with Gasteiger partial charge in [0.25, 0.3) is 0 Å². The molecule has 0 aromatic heterocycles. The number of hydrogen-bond acceptors (Lipinski definition) is 3. The molecule has 0 unspecified atom stereocenters. The molecule has 3 heteroatoms. The molecule has 1 saturated heterocycles. The van der Waals surface area contributed by atoms with E-state index in [9.17, 15) is 4.79 Å². The monoisotopic (exact) mass is 371 g/mol. The number of allylic oxidation sites excluding steroid dienone is 1. The van der Waals surface area contributed by atoms with Crippen LogP contribution in [0.25, 0.3) is 16.8 Å². The fourth-order valence-electron chi connectivity index (χ4n) is 3.82. The number of likely N-dealkylation sites (tertiary alicyclic amines) is 1. The fraction of sp³-hybridized carbons (Fsp3) is 0.240. The lowest BCUT2D eigenvalue weighted by molar-refractivity contribution is 0.104. The predicted molar refractivity (Wildman–Crippen MR) is 115 cm³/mol. The van der Waals surface area contributed by atoms with E-state index in [0.717, 1.165) is 41.7 Å². The van der Waals surface area contributed by atoms with E-state index in [0.29, 0.717) is 5.56 Å². The minimum Gasteiger partial charge on any atom is -0.496 e. The zero-order chi connectivity index (χ0) is 19.3. The van der Waals surface area contributed by atoms with Crippen molar-refractivity contribution in [1.29, 1.82) is 0 Å². The first kappa shape index (κ1) is 18.5. The fourth-order valence-corrected chi connectivity index (χ4v) is 3.82. The Morgan fingerprint density at radius 2 is 1.79 bits per heavy atom. The lowest BCUT2D eigenvalue weighted by Gasteiger charge is -2.17. The van der Waals surface area contributed by atoms with E-state index in [4.69, 9.17) is 4.74 Å². The molecule has 3 aromatic rings. The Labute approximate surface area is 166 Å². The van der Waals surface area contributed by atoms with Crippen LogP contribution in [0.1, 0.15) is 34.3 Å². The van der Waals surface area contributed by atoms with E-state index in [1.807, 2.05) is 54.6 Å². The van der Waals surface area contributed by atoms with Crippen LogP contribution >= 0.6 is 0 Å². The van der Waals surface area contributed by atoms with Crippen molar-refractivity contribution < 1.29 is 9.53 Å². The van der Waals surface area contributed by atoms with E-state index >= 15 is 0 Å². The van der Waals surface area contributed by atoms with E-state index < -0.39 is 0 Å². The van der Waals surface area contributed by atoms with Crippen LogP contribution in [0, 0.1) is 0 Å². The van der Waals surface area contributed by atoms with Crippen molar-refractivity contribution in [3.8, 4) is 5.75 Å². The zero-order valence-corrected chi connectivity index (χ0v) is 16.2. The summed E-state index contributed by atoms with van der Waals surface area (Å²) in [6.45, 7) is 3.18. The molecule has 0 amide bonds. The van der Waals surface area contributed by atoms with Gasteiger partial charge in [0.2, 0.25) is 0 Å². The summed E-state index contributed by atoms with van der Waals surface area (Å²) in [5.74, 6) is 0.924. The molecule has 3 nitrogen and oxygen atoms in total. The lowest BCUT2D eigenvalue weighted by Crippen LogP contribution is -2.18. The van der Waals surface area contributed by atoms with Gasteiger partial charge in [-0.3, -0.25) is 9.69 Å². The second-order valence-electron chi connectivity index (χ2n) is 7.31. The summed E-state index contributed by atoms with van der Waals surface area (Å²) in [4.78, 5) is 15.1. The molecule has 0 bridgehead atoms. The number of ether oxygens (including phenoxy) is 1. The largest absolute Gasteiger partial charge is 0.496 e. The van der Waals surface area contributed by atoms with Crippen LogP contribution in [0.15, 0.2) is 66.7 Å². The quantitative estimate of drug-likeness (QED) is 0.433. The van der Waals surface area contributed by atoms with Gasteiger partial charge < -0.3 is 4.74 Å². The van der Waals surface area contributed by atoms with Gasteiger partial charge in [0.15, 0.2) is 5.78 Å². The number of fused-ring (bicyclic) bond motifs is 1. The van der Waals surface area contributed by atoms with Gasteiger partial charge in [0.1, 0.15) is 5.75 Å². The number of nitrogens with zero attached hydrogens (tertiary/aromatic N) is 1. The summed E-state index contributed by atoms with van der Waals surface area (Å²) in [7, 11) is 1.71. The normalized spacial score (nSPS) is 14.8. The number of methoxy groups -OCH3 is 1. The maximum absolute atomic E-state index is 12.6. The Balaban J connectivity index is 1.53. The van der Waals surface area contributed by atoms with Crippen molar-refractivity contribution in [2.45, 2.75) is 19.4 Å². The molecule has 0 aliphatic carbocycles. The van der Waals surface area contributed by atoms with E-state index in [1.54, 1.807) is 13.2 Å². The molecule has 1 aliphatic rings. The third-order valence-corrected chi connectivity index (χ3v) is 5.36. The molecular formula is C25H25NO2. The summed E-state index contributed by atoms with van der Waals surface area (Å²) < 4.78 is 5.53. The summed E-state index contributed by atoms with van der Waals surface area (Å²) in [5, 5.41) is 2.23. The van der Waals surface area contributed by atoms with Crippen molar-refractivity contribution in [1.82, 2.24) is 4.90 Å². The Bertz CT molecular complexity index is 1020. The number of ketones is 1. The number of benzene rings is 3. The predicted octanol–water partition coefficient (Wildman–Crippen LogP) is 5.34. The molecule has 28 heavy (non-hydrogen) atoms. The van der Waals surface area contributed by atoms with Crippen LogP contribution in [0.5, 0.6) is 5.75 Å². The van der Waals surface area contributed by atoms with Crippen molar-refractivity contribution >= 4 is 22.6 Å². The van der Waals surface area contributed by atoms with Crippen LogP contribution in [0.3, 0.4) is 0 Å². The van der Waals surface area contributed by atoms with E-state index in [1.165, 1.54) is 18.4 Å². The average molecular weight is 371 g/mol. The van der Waals surface area contributed by atoms with Crippen molar-refractivity contribution in [3.05, 3.63) is 83.4 Å². The molecule has 0 spiro atoms. The molecule has 0 saturated carbocycles. The third kappa shape index (κ3) is 4.15. The van der Waals surface area contributed by atoms with Crippen LogP contribution in [-0.2, 0) is 6.54 Å². The Morgan fingerprint density at radius 1 is 1.00 bits per heavy atom. The van der Waals surface area contributed by atoms with Gasteiger partial charge in [0.05, 0.1) is 7.11 Å². The number of carbonyl (C=O) groups is 1.